The van der Waals surface area contributed by atoms with Crippen molar-refractivity contribution < 1.29 is 5.11 Å². The van der Waals surface area contributed by atoms with Crippen LogP contribution in [0.1, 0.15) is 12.5 Å². The highest BCUT2D eigenvalue weighted by Gasteiger charge is 1.97. The molecule has 2 heteroatoms. The predicted octanol–water partition coefficient (Wildman–Crippen LogP) is 2.27. The Morgan fingerprint density at radius 2 is 1.91 bits per heavy atom. The fourth-order valence-corrected chi connectivity index (χ4v) is 0.978. The van der Waals surface area contributed by atoms with Gasteiger partial charge in [0.2, 0.25) is 0 Å². The average molecular weight is 170 g/mol. The third-order valence-corrected chi connectivity index (χ3v) is 1.56. The smallest absolute Gasteiger partial charge is 0.0587 e. The van der Waals surface area contributed by atoms with Crippen LogP contribution in [-0.2, 0) is 0 Å². The molecule has 0 saturated carbocycles. The zero-order chi connectivity index (χ0) is 8.27. The number of halogens is 1. The van der Waals surface area contributed by atoms with Gasteiger partial charge in [-0.25, -0.2) is 0 Å². The fourth-order valence-electron chi connectivity index (χ4n) is 0.852. The molecule has 1 aromatic rings. The monoisotopic (exact) mass is 169 g/mol. The molecule has 59 valence electrons. The molecule has 1 atom stereocenters. The minimum absolute atomic E-state index is 0.406. The molecule has 1 radical (unpaired) electrons. The summed E-state index contributed by atoms with van der Waals surface area (Å²) in [4.78, 5) is 0. The van der Waals surface area contributed by atoms with Crippen LogP contribution in [0.5, 0.6) is 0 Å². The number of aliphatic hydroxyl groups is 1. The molecule has 11 heavy (non-hydrogen) atoms. The summed E-state index contributed by atoms with van der Waals surface area (Å²) in [5.74, 6) is 0. The lowest BCUT2D eigenvalue weighted by Gasteiger charge is -2.02. The van der Waals surface area contributed by atoms with Crippen molar-refractivity contribution >= 4 is 11.6 Å². The topological polar surface area (TPSA) is 20.2 Å². The number of hydrogen-bond acceptors (Lipinski definition) is 1. The van der Waals surface area contributed by atoms with Crippen LogP contribution in [0.15, 0.2) is 24.3 Å². The van der Waals surface area contributed by atoms with Crippen LogP contribution in [0.3, 0.4) is 0 Å². The summed E-state index contributed by atoms with van der Waals surface area (Å²) in [5.41, 5.74) is 0.990. The third-order valence-electron chi connectivity index (χ3n) is 1.30. The zero-order valence-corrected chi connectivity index (χ0v) is 7.05. The molecule has 0 spiro atoms. The van der Waals surface area contributed by atoms with Crippen LogP contribution in [0.25, 0.3) is 0 Å². The van der Waals surface area contributed by atoms with Crippen molar-refractivity contribution in [3.8, 4) is 0 Å². The second-order valence-corrected chi connectivity index (χ2v) is 2.90. The lowest BCUT2D eigenvalue weighted by molar-refractivity contribution is 0.231. The number of benzene rings is 1. The van der Waals surface area contributed by atoms with Gasteiger partial charge in [0.1, 0.15) is 0 Å². The van der Waals surface area contributed by atoms with Crippen molar-refractivity contribution in [1.29, 1.82) is 0 Å². The SMILES string of the molecule is C[C@@H](O)[CH]c1ccc(Cl)cc1. The van der Waals surface area contributed by atoms with Gasteiger partial charge in [0.25, 0.3) is 0 Å². The van der Waals surface area contributed by atoms with Crippen molar-refractivity contribution in [2.24, 2.45) is 0 Å². The van der Waals surface area contributed by atoms with E-state index in [-0.39, 0.29) is 0 Å². The standard InChI is InChI=1S/C9H10ClO/c1-7(11)6-8-2-4-9(10)5-3-8/h2-7,11H,1H3/t7-/m1/s1. The molecule has 0 aliphatic rings. The Labute approximate surface area is 71.6 Å². The van der Waals surface area contributed by atoms with E-state index in [9.17, 15) is 0 Å². The summed E-state index contributed by atoms with van der Waals surface area (Å²) in [5, 5.41) is 9.70. The maximum absolute atomic E-state index is 8.99. The molecule has 0 amide bonds. The Morgan fingerprint density at radius 1 is 1.36 bits per heavy atom. The second-order valence-electron chi connectivity index (χ2n) is 2.46. The first-order valence-corrected chi connectivity index (χ1v) is 3.85. The molecule has 1 rings (SSSR count). The molecule has 0 saturated heterocycles. The Hall–Kier alpha value is -0.530. The lowest BCUT2D eigenvalue weighted by atomic mass is 10.1. The van der Waals surface area contributed by atoms with Crippen LogP contribution < -0.4 is 0 Å². The first-order chi connectivity index (χ1) is 5.18. The fraction of sp³-hybridized carbons (Fsp3) is 0.222. The van der Waals surface area contributed by atoms with Crippen LogP contribution in [0.2, 0.25) is 5.02 Å². The second kappa shape index (κ2) is 3.74. The Balaban J connectivity index is 2.66. The van der Waals surface area contributed by atoms with E-state index in [4.69, 9.17) is 16.7 Å². The van der Waals surface area contributed by atoms with Crippen molar-refractivity contribution in [3.05, 3.63) is 41.3 Å². The average Bonchev–Trinajstić information content (AvgIpc) is 1.93. The highest BCUT2D eigenvalue weighted by molar-refractivity contribution is 6.30. The van der Waals surface area contributed by atoms with E-state index in [1.807, 2.05) is 12.1 Å². The summed E-state index contributed by atoms with van der Waals surface area (Å²) in [7, 11) is 0. The maximum atomic E-state index is 8.99. The molecule has 1 N–H and O–H groups in total. The normalized spacial score (nSPS) is 13.0. The largest absolute Gasteiger partial charge is 0.393 e. The highest BCUT2D eigenvalue weighted by Crippen LogP contribution is 2.11. The van der Waals surface area contributed by atoms with E-state index in [0.29, 0.717) is 5.02 Å². The Kier molecular flexibility index (Phi) is 2.92. The number of rotatable bonds is 2. The van der Waals surface area contributed by atoms with Crippen LogP contribution in [-0.4, -0.2) is 11.2 Å². The Morgan fingerprint density at radius 3 is 2.36 bits per heavy atom. The number of hydrogen-bond donors (Lipinski definition) is 1. The maximum Gasteiger partial charge on any atom is 0.0587 e. The van der Waals surface area contributed by atoms with E-state index in [1.54, 1.807) is 25.5 Å². The first-order valence-electron chi connectivity index (χ1n) is 3.47. The predicted molar refractivity (Wildman–Crippen MR) is 46.5 cm³/mol. The molecular weight excluding hydrogens is 160 g/mol. The number of aliphatic hydroxyl groups excluding tert-OH is 1. The highest BCUT2D eigenvalue weighted by atomic mass is 35.5. The van der Waals surface area contributed by atoms with Gasteiger partial charge < -0.3 is 5.11 Å². The Bertz CT molecular complexity index is 216. The van der Waals surface area contributed by atoms with Crippen molar-refractivity contribution in [2.45, 2.75) is 13.0 Å². The minimum Gasteiger partial charge on any atom is -0.393 e. The molecule has 0 aliphatic carbocycles. The van der Waals surface area contributed by atoms with E-state index in [0.717, 1.165) is 5.56 Å². The van der Waals surface area contributed by atoms with Gasteiger partial charge in [0, 0.05) is 11.4 Å². The summed E-state index contributed by atoms with van der Waals surface area (Å²) in [6.07, 6.45) is 1.35. The molecule has 0 aliphatic heterocycles. The van der Waals surface area contributed by atoms with Gasteiger partial charge in [-0.1, -0.05) is 23.7 Å². The quantitative estimate of drug-likeness (QED) is 0.720. The lowest BCUT2D eigenvalue weighted by Crippen LogP contribution is -2.00. The van der Waals surface area contributed by atoms with Gasteiger partial charge in [0.15, 0.2) is 0 Å². The van der Waals surface area contributed by atoms with Crippen LogP contribution in [0.4, 0.5) is 0 Å². The first kappa shape index (κ1) is 8.57. The minimum atomic E-state index is -0.406. The molecular formula is C9H10ClO. The van der Waals surface area contributed by atoms with Gasteiger partial charge in [-0.15, -0.1) is 0 Å². The summed E-state index contributed by atoms with van der Waals surface area (Å²) in [6.45, 7) is 1.72. The van der Waals surface area contributed by atoms with Gasteiger partial charge in [0.05, 0.1) is 6.10 Å². The van der Waals surface area contributed by atoms with Gasteiger partial charge in [-0.3, -0.25) is 0 Å². The van der Waals surface area contributed by atoms with E-state index in [1.165, 1.54) is 0 Å². The zero-order valence-electron chi connectivity index (χ0n) is 6.29. The van der Waals surface area contributed by atoms with Gasteiger partial charge in [-0.05, 0) is 24.6 Å². The molecule has 1 aromatic carbocycles. The van der Waals surface area contributed by atoms with Crippen LogP contribution in [0, 0.1) is 6.42 Å². The molecule has 0 aromatic heterocycles. The van der Waals surface area contributed by atoms with Crippen LogP contribution >= 0.6 is 11.6 Å². The summed E-state index contributed by atoms with van der Waals surface area (Å²) < 4.78 is 0. The molecule has 1 nitrogen and oxygen atoms in total. The van der Waals surface area contributed by atoms with E-state index < -0.39 is 6.10 Å². The molecule has 0 unspecified atom stereocenters. The van der Waals surface area contributed by atoms with Crippen molar-refractivity contribution in [2.75, 3.05) is 0 Å². The molecule has 0 heterocycles. The van der Waals surface area contributed by atoms with E-state index >= 15 is 0 Å². The van der Waals surface area contributed by atoms with Crippen molar-refractivity contribution in [1.82, 2.24) is 0 Å². The van der Waals surface area contributed by atoms with Crippen molar-refractivity contribution in [3.63, 3.8) is 0 Å². The van der Waals surface area contributed by atoms with Gasteiger partial charge in [-0.2, -0.15) is 0 Å². The van der Waals surface area contributed by atoms with E-state index in [2.05, 4.69) is 0 Å². The molecule has 0 fully saturated rings. The molecule has 0 bridgehead atoms. The van der Waals surface area contributed by atoms with Gasteiger partial charge >= 0.3 is 0 Å². The summed E-state index contributed by atoms with van der Waals surface area (Å²) >= 11 is 5.67. The third kappa shape index (κ3) is 2.91. The summed E-state index contributed by atoms with van der Waals surface area (Å²) in [6, 6.07) is 7.34.